The molecule has 0 aliphatic heterocycles. The monoisotopic (exact) mass is 313 g/mol. The average molecular weight is 314 g/mol. The summed E-state index contributed by atoms with van der Waals surface area (Å²) in [5.41, 5.74) is 7.25. The lowest BCUT2D eigenvalue weighted by Crippen LogP contribution is -1.87. The number of anilines is 1. The number of hydrogen-bond donors (Lipinski definition) is 1. The number of rotatable bonds is 4. The number of halogens is 1. The van der Waals surface area contributed by atoms with Crippen molar-refractivity contribution in [2.24, 2.45) is 0 Å². The van der Waals surface area contributed by atoms with Gasteiger partial charge in [0.25, 0.3) is 5.89 Å². The molecule has 0 aliphatic carbocycles. The summed E-state index contributed by atoms with van der Waals surface area (Å²) in [6.07, 6.45) is 0. The van der Waals surface area contributed by atoms with Crippen LogP contribution in [0.5, 0.6) is 0 Å². The average Bonchev–Trinajstić information content (AvgIpc) is 2.73. The molecular formula is C11H12BrN3OS. The van der Waals surface area contributed by atoms with E-state index in [1.54, 1.807) is 11.8 Å². The molecule has 2 N–H and O–H groups in total. The molecule has 0 atom stereocenters. The Kier molecular flexibility index (Phi) is 4.06. The molecule has 2 rings (SSSR count). The summed E-state index contributed by atoms with van der Waals surface area (Å²) in [6.45, 7) is 2.10. The summed E-state index contributed by atoms with van der Waals surface area (Å²) < 4.78 is 6.11. The molecule has 0 bridgehead atoms. The minimum absolute atomic E-state index is 0.504. The van der Waals surface area contributed by atoms with Crippen LogP contribution in [0.3, 0.4) is 0 Å². The maximum absolute atomic E-state index is 5.76. The number of aromatic nitrogens is 2. The fourth-order valence-corrected chi connectivity index (χ4v) is 2.37. The van der Waals surface area contributed by atoms with Crippen LogP contribution in [0.15, 0.2) is 27.2 Å². The van der Waals surface area contributed by atoms with E-state index in [1.165, 1.54) is 0 Å². The zero-order valence-electron chi connectivity index (χ0n) is 9.31. The van der Waals surface area contributed by atoms with E-state index in [9.17, 15) is 0 Å². The molecule has 0 aliphatic rings. The van der Waals surface area contributed by atoms with Gasteiger partial charge >= 0.3 is 0 Å². The lowest BCUT2D eigenvalue weighted by molar-refractivity contribution is 0.425. The van der Waals surface area contributed by atoms with Gasteiger partial charge in [-0.1, -0.05) is 28.0 Å². The van der Waals surface area contributed by atoms with Gasteiger partial charge in [0, 0.05) is 15.7 Å². The van der Waals surface area contributed by atoms with E-state index >= 15 is 0 Å². The Labute approximate surface area is 112 Å². The largest absolute Gasteiger partial charge is 0.399 e. The molecule has 90 valence electrons. The summed E-state index contributed by atoms with van der Waals surface area (Å²) in [7, 11) is 0. The van der Waals surface area contributed by atoms with E-state index in [0.29, 0.717) is 17.4 Å². The Hall–Kier alpha value is -1.01. The highest BCUT2D eigenvalue weighted by Gasteiger charge is 2.09. The van der Waals surface area contributed by atoms with E-state index in [-0.39, 0.29) is 0 Å². The Bertz CT molecular complexity index is 495. The van der Waals surface area contributed by atoms with Crippen molar-refractivity contribution in [1.82, 2.24) is 10.1 Å². The third-order valence-corrected chi connectivity index (χ3v) is 3.40. The van der Waals surface area contributed by atoms with Gasteiger partial charge in [-0.25, -0.2) is 0 Å². The highest BCUT2D eigenvalue weighted by molar-refractivity contribution is 9.10. The normalized spacial score (nSPS) is 10.7. The number of benzene rings is 1. The lowest BCUT2D eigenvalue weighted by atomic mass is 10.2. The molecule has 0 amide bonds. The van der Waals surface area contributed by atoms with Crippen molar-refractivity contribution < 1.29 is 4.52 Å². The summed E-state index contributed by atoms with van der Waals surface area (Å²) in [5, 5.41) is 3.93. The SMILES string of the molecule is CCSCc1noc(-c2cc(N)cc(Br)c2)n1. The molecule has 1 aromatic heterocycles. The van der Waals surface area contributed by atoms with Crippen molar-refractivity contribution in [3.8, 4) is 11.5 Å². The predicted molar refractivity (Wildman–Crippen MR) is 73.7 cm³/mol. The van der Waals surface area contributed by atoms with Crippen LogP contribution in [0.4, 0.5) is 5.69 Å². The molecule has 1 heterocycles. The van der Waals surface area contributed by atoms with Gasteiger partial charge in [0.15, 0.2) is 5.82 Å². The van der Waals surface area contributed by atoms with Gasteiger partial charge in [0.05, 0.1) is 5.75 Å². The van der Waals surface area contributed by atoms with Crippen LogP contribution in [0.25, 0.3) is 11.5 Å². The van der Waals surface area contributed by atoms with E-state index in [0.717, 1.165) is 21.5 Å². The molecule has 17 heavy (non-hydrogen) atoms. The van der Waals surface area contributed by atoms with Gasteiger partial charge in [-0.05, 0) is 24.0 Å². The fraction of sp³-hybridized carbons (Fsp3) is 0.273. The zero-order chi connectivity index (χ0) is 12.3. The Morgan fingerprint density at radius 1 is 1.41 bits per heavy atom. The maximum Gasteiger partial charge on any atom is 0.258 e. The van der Waals surface area contributed by atoms with Crippen LogP contribution in [0.1, 0.15) is 12.7 Å². The number of nitrogen functional groups attached to an aromatic ring is 1. The summed E-state index contributed by atoms with van der Waals surface area (Å²) in [5.74, 6) is 3.02. The molecule has 0 fully saturated rings. The molecule has 0 saturated heterocycles. The van der Waals surface area contributed by atoms with Crippen molar-refractivity contribution in [3.05, 3.63) is 28.5 Å². The minimum Gasteiger partial charge on any atom is -0.399 e. The molecule has 1 aromatic carbocycles. The minimum atomic E-state index is 0.504. The molecule has 2 aromatic rings. The highest BCUT2D eigenvalue weighted by atomic mass is 79.9. The van der Waals surface area contributed by atoms with E-state index < -0.39 is 0 Å². The topological polar surface area (TPSA) is 64.9 Å². The van der Waals surface area contributed by atoms with Crippen molar-refractivity contribution in [2.75, 3.05) is 11.5 Å². The van der Waals surface area contributed by atoms with E-state index in [2.05, 4.69) is 33.0 Å². The van der Waals surface area contributed by atoms with Crippen LogP contribution in [-0.2, 0) is 5.75 Å². The number of thioether (sulfide) groups is 1. The fourth-order valence-electron chi connectivity index (χ4n) is 1.36. The molecule has 4 nitrogen and oxygen atoms in total. The van der Waals surface area contributed by atoms with Gasteiger partial charge < -0.3 is 10.3 Å². The van der Waals surface area contributed by atoms with Crippen LogP contribution in [0.2, 0.25) is 0 Å². The van der Waals surface area contributed by atoms with Crippen LogP contribution < -0.4 is 5.73 Å². The van der Waals surface area contributed by atoms with Gasteiger partial charge in [-0.3, -0.25) is 0 Å². The number of nitrogens with two attached hydrogens (primary N) is 1. The van der Waals surface area contributed by atoms with Crippen LogP contribution in [0, 0.1) is 0 Å². The predicted octanol–water partition coefficient (Wildman–Crippen LogP) is 3.33. The second-order valence-electron chi connectivity index (χ2n) is 3.43. The van der Waals surface area contributed by atoms with E-state index in [1.807, 2.05) is 18.2 Å². The summed E-state index contributed by atoms with van der Waals surface area (Å²) in [4.78, 5) is 4.33. The second-order valence-corrected chi connectivity index (χ2v) is 5.62. The van der Waals surface area contributed by atoms with Crippen molar-refractivity contribution in [1.29, 1.82) is 0 Å². The number of hydrogen-bond acceptors (Lipinski definition) is 5. The quantitative estimate of drug-likeness (QED) is 0.877. The molecule has 0 radical (unpaired) electrons. The standard InChI is InChI=1S/C11H12BrN3OS/c1-2-17-6-10-14-11(16-15-10)7-3-8(12)5-9(13)4-7/h3-5H,2,6,13H2,1H3. The first-order valence-corrected chi connectivity index (χ1v) is 7.10. The van der Waals surface area contributed by atoms with E-state index in [4.69, 9.17) is 10.3 Å². The smallest absolute Gasteiger partial charge is 0.258 e. The Balaban J connectivity index is 2.24. The molecule has 0 unspecified atom stereocenters. The molecule has 0 spiro atoms. The summed E-state index contributed by atoms with van der Waals surface area (Å²) >= 11 is 5.14. The van der Waals surface area contributed by atoms with Crippen molar-refractivity contribution in [3.63, 3.8) is 0 Å². The first-order valence-electron chi connectivity index (χ1n) is 5.16. The second kappa shape index (κ2) is 5.55. The van der Waals surface area contributed by atoms with Crippen LogP contribution >= 0.6 is 27.7 Å². The highest BCUT2D eigenvalue weighted by Crippen LogP contribution is 2.25. The van der Waals surface area contributed by atoms with Crippen LogP contribution in [-0.4, -0.2) is 15.9 Å². The zero-order valence-corrected chi connectivity index (χ0v) is 11.7. The molecular weight excluding hydrogens is 302 g/mol. The van der Waals surface area contributed by atoms with Gasteiger partial charge in [0.1, 0.15) is 0 Å². The lowest BCUT2D eigenvalue weighted by Gasteiger charge is -1.98. The van der Waals surface area contributed by atoms with Gasteiger partial charge in [-0.2, -0.15) is 16.7 Å². The molecule has 0 saturated carbocycles. The van der Waals surface area contributed by atoms with Gasteiger partial charge in [-0.15, -0.1) is 0 Å². The van der Waals surface area contributed by atoms with Crippen molar-refractivity contribution in [2.45, 2.75) is 12.7 Å². The summed E-state index contributed by atoms with van der Waals surface area (Å²) in [6, 6.07) is 5.54. The Morgan fingerprint density at radius 2 is 2.24 bits per heavy atom. The Morgan fingerprint density at radius 3 is 2.94 bits per heavy atom. The first kappa shape index (κ1) is 12.4. The first-order chi connectivity index (χ1) is 8.19. The number of nitrogens with zero attached hydrogens (tertiary/aromatic N) is 2. The molecule has 6 heteroatoms. The van der Waals surface area contributed by atoms with Gasteiger partial charge in [0.2, 0.25) is 0 Å². The maximum atomic E-state index is 5.76. The third-order valence-electron chi connectivity index (χ3n) is 2.07. The van der Waals surface area contributed by atoms with Crippen molar-refractivity contribution >= 4 is 33.4 Å². The third kappa shape index (κ3) is 3.23.